The van der Waals surface area contributed by atoms with Gasteiger partial charge in [0.05, 0.1) is 29.8 Å². The lowest BCUT2D eigenvalue weighted by Crippen LogP contribution is -3.13. The van der Waals surface area contributed by atoms with E-state index in [2.05, 4.69) is 73.5 Å². The van der Waals surface area contributed by atoms with E-state index in [9.17, 15) is 8.42 Å². The molecule has 2 aliphatic rings. The Balaban J connectivity index is 1.33. The number of piperazine rings is 1. The van der Waals surface area contributed by atoms with Crippen LogP contribution in [0.4, 0.5) is 5.69 Å². The zero-order valence-electron chi connectivity index (χ0n) is 29.4. The molecule has 0 amide bonds. The van der Waals surface area contributed by atoms with Crippen molar-refractivity contribution in [1.82, 2.24) is 10.2 Å². The summed E-state index contributed by atoms with van der Waals surface area (Å²) in [5, 5.41) is 3.97. The molecule has 5 rings (SSSR count). The van der Waals surface area contributed by atoms with Crippen LogP contribution in [0.5, 0.6) is 5.75 Å². The van der Waals surface area contributed by atoms with Crippen LogP contribution in [0.25, 0.3) is 0 Å². The van der Waals surface area contributed by atoms with Crippen LogP contribution >= 0.6 is 0 Å². The van der Waals surface area contributed by atoms with Gasteiger partial charge in [0.1, 0.15) is 18.9 Å². The monoisotopic (exact) mass is 661 g/mol. The van der Waals surface area contributed by atoms with Crippen LogP contribution in [0.2, 0.25) is 0 Å². The number of benzene rings is 3. The lowest BCUT2D eigenvalue weighted by molar-refractivity contribution is -0.918. The minimum Gasteiger partial charge on any atom is -0.489 e. The number of ether oxygens (including phenoxy) is 1. The zero-order chi connectivity index (χ0) is 33.4. The highest BCUT2D eigenvalue weighted by Crippen LogP contribution is 2.40. The van der Waals surface area contributed by atoms with Crippen LogP contribution in [0.15, 0.2) is 71.6 Å². The van der Waals surface area contributed by atoms with Crippen molar-refractivity contribution >= 4 is 15.5 Å². The summed E-state index contributed by atoms with van der Waals surface area (Å²) in [5.74, 6) is 0.935. The van der Waals surface area contributed by atoms with Crippen LogP contribution in [0.3, 0.4) is 0 Å². The highest BCUT2D eigenvalue weighted by molar-refractivity contribution is 7.91. The second-order valence-electron chi connectivity index (χ2n) is 14.0. The quantitative estimate of drug-likeness (QED) is 0.233. The third kappa shape index (κ3) is 8.96. The van der Waals surface area contributed by atoms with Crippen molar-refractivity contribution < 1.29 is 18.1 Å². The van der Waals surface area contributed by atoms with Gasteiger partial charge < -0.3 is 14.5 Å². The summed E-state index contributed by atoms with van der Waals surface area (Å²) in [6.45, 7) is 14.1. The van der Waals surface area contributed by atoms with Gasteiger partial charge in [-0.3, -0.25) is 10.2 Å². The maximum Gasteiger partial charge on any atom is 0.180 e. The summed E-state index contributed by atoms with van der Waals surface area (Å²) in [4.78, 5) is 6.67. The second kappa shape index (κ2) is 16.0. The average Bonchev–Trinajstić information content (AvgIpc) is 3.18. The van der Waals surface area contributed by atoms with Gasteiger partial charge in [0.25, 0.3) is 0 Å². The first kappa shape index (κ1) is 35.4. The van der Waals surface area contributed by atoms with E-state index >= 15 is 0 Å². The fourth-order valence-electron chi connectivity index (χ4n) is 7.22. The highest BCUT2D eigenvalue weighted by atomic mass is 32.2. The Kier molecular flexibility index (Phi) is 12.0. The molecule has 0 radical (unpaired) electrons. The smallest absolute Gasteiger partial charge is 0.180 e. The first-order chi connectivity index (χ1) is 22.6. The van der Waals surface area contributed by atoms with Crippen LogP contribution in [-0.2, 0) is 23.0 Å². The molecule has 47 heavy (non-hydrogen) atoms. The summed E-state index contributed by atoms with van der Waals surface area (Å²) < 4.78 is 34.3. The van der Waals surface area contributed by atoms with E-state index in [1.807, 2.05) is 43.3 Å². The van der Waals surface area contributed by atoms with Gasteiger partial charge in [-0.25, -0.2) is 8.42 Å². The van der Waals surface area contributed by atoms with E-state index in [4.69, 9.17) is 4.74 Å². The van der Waals surface area contributed by atoms with Crippen molar-refractivity contribution in [2.45, 2.75) is 88.9 Å². The summed E-state index contributed by atoms with van der Waals surface area (Å²) >= 11 is 0. The summed E-state index contributed by atoms with van der Waals surface area (Å²) in [6, 6.07) is 22.7. The fourth-order valence-corrected chi connectivity index (χ4v) is 9.29. The molecule has 0 aliphatic carbocycles. The number of nitrogens with one attached hydrogen (secondary N) is 2. The van der Waals surface area contributed by atoms with Gasteiger partial charge in [0, 0.05) is 44.0 Å². The Morgan fingerprint density at radius 1 is 0.894 bits per heavy atom. The Morgan fingerprint density at radius 2 is 1.53 bits per heavy atom. The molecule has 0 aromatic heterocycles. The molecule has 1 atom stereocenters. The molecular formula is C39H57N4O3S+. The van der Waals surface area contributed by atoms with Gasteiger partial charge in [-0.2, -0.15) is 0 Å². The molecule has 3 aromatic carbocycles. The largest absolute Gasteiger partial charge is 0.489 e. The van der Waals surface area contributed by atoms with Crippen LogP contribution in [0, 0.1) is 0 Å². The molecule has 2 heterocycles. The highest BCUT2D eigenvalue weighted by Gasteiger charge is 2.42. The Morgan fingerprint density at radius 3 is 2.13 bits per heavy atom. The molecule has 256 valence electrons. The number of likely N-dealkylation sites (N-methyl/N-ethyl adjacent to an activating group) is 1. The van der Waals surface area contributed by atoms with E-state index in [-0.39, 0.29) is 11.8 Å². The van der Waals surface area contributed by atoms with Crippen molar-refractivity contribution in [1.29, 1.82) is 0 Å². The molecule has 2 N–H and O–H groups in total. The van der Waals surface area contributed by atoms with E-state index in [1.54, 1.807) is 4.90 Å². The molecular weight excluding hydrogens is 605 g/mol. The molecule has 1 unspecified atom stereocenters. The second-order valence-corrected chi connectivity index (χ2v) is 15.9. The predicted molar refractivity (Wildman–Crippen MR) is 193 cm³/mol. The van der Waals surface area contributed by atoms with E-state index in [1.165, 1.54) is 31.7 Å². The molecule has 0 saturated carbocycles. The van der Waals surface area contributed by atoms with Gasteiger partial charge in [0.2, 0.25) is 0 Å². The molecule has 8 heteroatoms. The summed E-state index contributed by atoms with van der Waals surface area (Å²) in [5.41, 5.74) is 4.92. The minimum atomic E-state index is -3.50. The maximum atomic E-state index is 14.0. The van der Waals surface area contributed by atoms with E-state index in [0.29, 0.717) is 11.5 Å². The zero-order valence-corrected chi connectivity index (χ0v) is 30.2. The fraction of sp³-hybridized carbons (Fsp3) is 0.538. The van der Waals surface area contributed by atoms with Gasteiger partial charge in [-0.15, -0.1) is 0 Å². The van der Waals surface area contributed by atoms with E-state index in [0.717, 1.165) is 79.7 Å². The number of nitrogens with zero attached hydrogens (tertiary/aromatic N) is 2. The molecule has 2 aliphatic heterocycles. The summed E-state index contributed by atoms with van der Waals surface area (Å²) in [7, 11) is 0.493. The van der Waals surface area contributed by atoms with Crippen molar-refractivity contribution in [2.24, 2.45) is 0 Å². The van der Waals surface area contributed by atoms with Crippen LogP contribution < -0.4 is 19.9 Å². The molecule has 0 spiro atoms. The first-order valence-electron chi connectivity index (χ1n) is 17.8. The number of hydrogen-bond donors (Lipinski definition) is 2. The topological polar surface area (TPSA) is 66.3 Å². The standard InChI is InChI=1S/C39H56N4O3S/c1-6-9-21-39(22-10-7-2)30-47(44,45)37-20-17-34(41(4)5)27-36(37)38(40-39)33-15-18-35(19-16-33)46-29-32-13-11-31(12-14-32)28-43-25-23-42(8-3)24-26-43/h11-20,27,38,40H,6-10,21-26,28-30H2,1-5H3/p+1. The van der Waals surface area contributed by atoms with Gasteiger partial charge in [0.15, 0.2) is 9.84 Å². The van der Waals surface area contributed by atoms with Crippen LogP contribution in [0.1, 0.15) is 87.6 Å². The van der Waals surface area contributed by atoms with Crippen molar-refractivity contribution in [2.75, 3.05) is 57.5 Å². The number of hydrogen-bond acceptors (Lipinski definition) is 6. The molecule has 1 fully saturated rings. The predicted octanol–water partition coefficient (Wildman–Crippen LogP) is 5.64. The summed E-state index contributed by atoms with van der Waals surface area (Å²) in [6.07, 6.45) is 5.72. The SMILES string of the molecule is CCCCC1(CCCC)CS(=O)(=O)c2ccc(N(C)C)cc2C(c2ccc(OCc3ccc(C[NH+]4CCN(CC)CC4)cc3)cc2)N1. The van der Waals surface area contributed by atoms with Crippen LogP contribution in [-0.4, -0.2) is 71.4 Å². The number of quaternary nitrogens is 1. The molecule has 1 saturated heterocycles. The third-order valence-corrected chi connectivity index (χ3v) is 12.2. The Labute approximate surface area is 284 Å². The molecule has 3 aromatic rings. The first-order valence-corrected chi connectivity index (χ1v) is 19.5. The van der Waals surface area contributed by atoms with Gasteiger partial charge in [-0.05, 0) is 66.4 Å². The minimum absolute atomic E-state index is 0.127. The average molecular weight is 662 g/mol. The number of unbranched alkanes of at least 4 members (excludes halogenated alkanes) is 2. The number of sulfone groups is 1. The molecule has 0 bridgehead atoms. The van der Waals surface area contributed by atoms with E-state index < -0.39 is 15.4 Å². The number of rotatable bonds is 14. The third-order valence-electron chi connectivity index (χ3n) is 10.2. The van der Waals surface area contributed by atoms with Crippen molar-refractivity contribution in [3.63, 3.8) is 0 Å². The Bertz CT molecular complexity index is 1520. The lowest BCUT2D eigenvalue weighted by Gasteiger charge is -2.37. The van der Waals surface area contributed by atoms with Gasteiger partial charge in [-0.1, -0.05) is 82.9 Å². The lowest BCUT2D eigenvalue weighted by atomic mass is 9.86. The number of fused-ring (bicyclic) bond motifs is 1. The molecule has 7 nitrogen and oxygen atoms in total. The van der Waals surface area contributed by atoms with Crippen molar-refractivity contribution in [3.8, 4) is 5.75 Å². The Hall–Kier alpha value is -2.91. The maximum absolute atomic E-state index is 14.0. The number of anilines is 1. The van der Waals surface area contributed by atoms with Crippen molar-refractivity contribution in [3.05, 3.63) is 89.0 Å². The normalized spacial score (nSPS) is 19.6. The van der Waals surface area contributed by atoms with Gasteiger partial charge >= 0.3 is 0 Å².